The highest BCUT2D eigenvalue weighted by Crippen LogP contribution is 2.10. The molecule has 0 atom stereocenters. The summed E-state index contributed by atoms with van der Waals surface area (Å²) in [5.41, 5.74) is 1.80. The number of hydrogen-bond donors (Lipinski definition) is 2. The summed E-state index contributed by atoms with van der Waals surface area (Å²) in [5, 5.41) is 6.29. The summed E-state index contributed by atoms with van der Waals surface area (Å²) in [6.45, 7) is 7.16. The van der Waals surface area contributed by atoms with Gasteiger partial charge in [0, 0.05) is 23.8 Å². The SMILES string of the molecule is CCCCCCCNc1ccc(C(=O)NC(C)C)cc1. The molecule has 112 valence electrons. The van der Waals surface area contributed by atoms with Gasteiger partial charge in [-0.25, -0.2) is 0 Å². The lowest BCUT2D eigenvalue weighted by molar-refractivity contribution is 0.0943. The lowest BCUT2D eigenvalue weighted by Gasteiger charge is -2.10. The van der Waals surface area contributed by atoms with Gasteiger partial charge < -0.3 is 10.6 Å². The van der Waals surface area contributed by atoms with E-state index in [-0.39, 0.29) is 11.9 Å². The largest absolute Gasteiger partial charge is 0.385 e. The zero-order valence-electron chi connectivity index (χ0n) is 13.0. The van der Waals surface area contributed by atoms with Gasteiger partial charge in [0.2, 0.25) is 0 Å². The van der Waals surface area contributed by atoms with Crippen molar-refractivity contribution in [3.63, 3.8) is 0 Å². The highest BCUT2D eigenvalue weighted by Gasteiger charge is 2.06. The van der Waals surface area contributed by atoms with Crippen LogP contribution in [0.25, 0.3) is 0 Å². The first kappa shape index (κ1) is 16.5. The standard InChI is InChI=1S/C17H28N2O/c1-4-5-6-7-8-13-18-16-11-9-15(10-12-16)17(20)19-14(2)3/h9-12,14,18H,4-8,13H2,1-3H3,(H,19,20). The minimum atomic E-state index is -0.00823. The Labute approximate surface area is 123 Å². The molecule has 0 fully saturated rings. The molecule has 1 rings (SSSR count). The topological polar surface area (TPSA) is 41.1 Å². The van der Waals surface area contributed by atoms with Crippen LogP contribution < -0.4 is 10.6 Å². The van der Waals surface area contributed by atoms with Crippen molar-refractivity contribution in [3.8, 4) is 0 Å². The van der Waals surface area contributed by atoms with E-state index in [0.717, 1.165) is 12.2 Å². The minimum absolute atomic E-state index is 0.00823. The first-order chi connectivity index (χ1) is 9.63. The number of nitrogens with one attached hydrogen (secondary N) is 2. The van der Waals surface area contributed by atoms with Crippen LogP contribution in [0, 0.1) is 0 Å². The lowest BCUT2D eigenvalue weighted by atomic mass is 10.1. The number of carbonyl (C=O) groups excluding carboxylic acids is 1. The normalized spacial score (nSPS) is 10.6. The van der Waals surface area contributed by atoms with Crippen LogP contribution in [0.1, 0.15) is 63.2 Å². The molecule has 1 aromatic rings. The Kier molecular flexibility index (Phi) is 7.78. The van der Waals surface area contributed by atoms with Crippen LogP contribution in [0.2, 0.25) is 0 Å². The minimum Gasteiger partial charge on any atom is -0.385 e. The number of benzene rings is 1. The first-order valence-electron chi connectivity index (χ1n) is 7.78. The molecule has 3 heteroatoms. The second-order valence-electron chi connectivity index (χ2n) is 5.55. The van der Waals surface area contributed by atoms with Crippen molar-refractivity contribution in [1.29, 1.82) is 0 Å². The number of hydrogen-bond acceptors (Lipinski definition) is 2. The second kappa shape index (κ2) is 9.40. The molecule has 1 aromatic carbocycles. The van der Waals surface area contributed by atoms with Gasteiger partial charge in [0.1, 0.15) is 0 Å². The van der Waals surface area contributed by atoms with Crippen molar-refractivity contribution in [2.45, 2.75) is 58.9 Å². The fourth-order valence-corrected chi connectivity index (χ4v) is 2.05. The van der Waals surface area contributed by atoms with Crippen molar-refractivity contribution in [2.24, 2.45) is 0 Å². The van der Waals surface area contributed by atoms with E-state index >= 15 is 0 Å². The van der Waals surface area contributed by atoms with Crippen LogP contribution in [-0.4, -0.2) is 18.5 Å². The number of anilines is 1. The highest BCUT2D eigenvalue weighted by molar-refractivity contribution is 5.94. The summed E-state index contributed by atoms with van der Waals surface area (Å²) in [6, 6.07) is 7.86. The third kappa shape index (κ3) is 6.60. The van der Waals surface area contributed by atoms with Gasteiger partial charge in [-0.05, 0) is 44.5 Å². The van der Waals surface area contributed by atoms with Gasteiger partial charge in [-0.1, -0.05) is 32.6 Å². The average molecular weight is 276 g/mol. The van der Waals surface area contributed by atoms with E-state index in [1.54, 1.807) is 0 Å². The van der Waals surface area contributed by atoms with Crippen molar-refractivity contribution >= 4 is 11.6 Å². The first-order valence-corrected chi connectivity index (χ1v) is 7.78. The fraction of sp³-hybridized carbons (Fsp3) is 0.588. The quantitative estimate of drug-likeness (QED) is 0.663. The van der Waals surface area contributed by atoms with E-state index < -0.39 is 0 Å². The molecule has 0 aliphatic rings. The van der Waals surface area contributed by atoms with Gasteiger partial charge >= 0.3 is 0 Å². The Morgan fingerprint density at radius 1 is 1.05 bits per heavy atom. The monoisotopic (exact) mass is 276 g/mol. The van der Waals surface area contributed by atoms with E-state index in [2.05, 4.69) is 17.6 Å². The molecule has 0 spiro atoms. The zero-order chi connectivity index (χ0) is 14.8. The summed E-state index contributed by atoms with van der Waals surface area (Å²) in [7, 11) is 0. The van der Waals surface area contributed by atoms with Crippen LogP contribution in [-0.2, 0) is 0 Å². The molecule has 0 aliphatic carbocycles. The van der Waals surface area contributed by atoms with E-state index in [4.69, 9.17) is 0 Å². The fourth-order valence-electron chi connectivity index (χ4n) is 2.05. The molecular weight excluding hydrogens is 248 g/mol. The average Bonchev–Trinajstić information content (AvgIpc) is 2.42. The van der Waals surface area contributed by atoms with Crippen molar-refractivity contribution in [1.82, 2.24) is 5.32 Å². The maximum atomic E-state index is 11.8. The molecule has 0 aliphatic heterocycles. The molecule has 3 nitrogen and oxygen atoms in total. The summed E-state index contributed by atoms with van der Waals surface area (Å²) < 4.78 is 0. The second-order valence-corrected chi connectivity index (χ2v) is 5.55. The van der Waals surface area contributed by atoms with E-state index in [1.807, 2.05) is 38.1 Å². The Morgan fingerprint density at radius 3 is 2.30 bits per heavy atom. The molecule has 0 unspecified atom stereocenters. The van der Waals surface area contributed by atoms with E-state index in [0.29, 0.717) is 5.56 Å². The van der Waals surface area contributed by atoms with Crippen molar-refractivity contribution in [2.75, 3.05) is 11.9 Å². The smallest absolute Gasteiger partial charge is 0.251 e. The van der Waals surface area contributed by atoms with Gasteiger partial charge in [-0.3, -0.25) is 4.79 Å². The Hall–Kier alpha value is -1.51. The molecular formula is C17H28N2O. The van der Waals surface area contributed by atoms with E-state index in [1.165, 1.54) is 32.1 Å². The van der Waals surface area contributed by atoms with Crippen LogP contribution in [0.3, 0.4) is 0 Å². The summed E-state index contributed by atoms with van der Waals surface area (Å²) in [4.78, 5) is 11.8. The molecule has 0 aromatic heterocycles. The van der Waals surface area contributed by atoms with Crippen molar-refractivity contribution < 1.29 is 4.79 Å². The molecule has 0 heterocycles. The lowest BCUT2D eigenvalue weighted by Crippen LogP contribution is -2.29. The van der Waals surface area contributed by atoms with Crippen LogP contribution in [0.5, 0.6) is 0 Å². The van der Waals surface area contributed by atoms with Crippen molar-refractivity contribution in [3.05, 3.63) is 29.8 Å². The summed E-state index contributed by atoms with van der Waals surface area (Å²) in [5.74, 6) is -0.00823. The van der Waals surface area contributed by atoms with Crippen LogP contribution >= 0.6 is 0 Å². The molecule has 0 saturated carbocycles. The van der Waals surface area contributed by atoms with Gasteiger partial charge in [-0.15, -0.1) is 0 Å². The molecule has 0 bridgehead atoms. The number of unbranched alkanes of at least 4 members (excludes halogenated alkanes) is 4. The molecule has 2 N–H and O–H groups in total. The van der Waals surface area contributed by atoms with Crippen LogP contribution in [0.15, 0.2) is 24.3 Å². The Bertz CT molecular complexity index is 384. The Balaban J connectivity index is 2.30. The van der Waals surface area contributed by atoms with E-state index in [9.17, 15) is 4.79 Å². The summed E-state index contributed by atoms with van der Waals surface area (Å²) in [6.07, 6.45) is 6.44. The van der Waals surface area contributed by atoms with Gasteiger partial charge in [0.25, 0.3) is 5.91 Å². The molecule has 1 amide bonds. The number of rotatable bonds is 9. The number of amides is 1. The third-order valence-corrected chi connectivity index (χ3v) is 3.18. The Morgan fingerprint density at radius 2 is 1.70 bits per heavy atom. The maximum absolute atomic E-state index is 11.8. The molecule has 0 radical (unpaired) electrons. The summed E-state index contributed by atoms with van der Waals surface area (Å²) >= 11 is 0. The third-order valence-electron chi connectivity index (χ3n) is 3.18. The zero-order valence-corrected chi connectivity index (χ0v) is 13.0. The molecule has 0 saturated heterocycles. The number of carbonyl (C=O) groups is 1. The van der Waals surface area contributed by atoms with Gasteiger partial charge in [-0.2, -0.15) is 0 Å². The maximum Gasteiger partial charge on any atom is 0.251 e. The van der Waals surface area contributed by atoms with Gasteiger partial charge in [0.05, 0.1) is 0 Å². The van der Waals surface area contributed by atoms with Gasteiger partial charge in [0.15, 0.2) is 0 Å². The predicted molar refractivity (Wildman–Crippen MR) is 86.3 cm³/mol. The van der Waals surface area contributed by atoms with Crippen LogP contribution in [0.4, 0.5) is 5.69 Å². The molecule has 20 heavy (non-hydrogen) atoms. The highest BCUT2D eigenvalue weighted by atomic mass is 16.1. The predicted octanol–water partition coefficient (Wildman–Crippen LogP) is 4.21.